The summed E-state index contributed by atoms with van der Waals surface area (Å²) in [6.45, 7) is 0.181. The zero-order chi connectivity index (χ0) is 14.4. The Morgan fingerprint density at radius 3 is 2.95 bits per heavy atom. The van der Waals surface area contributed by atoms with E-state index in [1.54, 1.807) is 35.1 Å². The monoisotopic (exact) mass is 269 g/mol. The third-order valence-electron chi connectivity index (χ3n) is 2.69. The summed E-state index contributed by atoms with van der Waals surface area (Å²) in [6.07, 6.45) is 3.55. The summed E-state index contributed by atoms with van der Waals surface area (Å²) in [5.41, 5.74) is 2.03. The average Bonchev–Trinajstić information content (AvgIpc) is 2.88. The highest BCUT2D eigenvalue weighted by Gasteiger charge is 2.09. The van der Waals surface area contributed by atoms with Gasteiger partial charge in [-0.1, -0.05) is 24.0 Å². The number of carbonyl (C=O) groups is 1. The molecule has 0 spiro atoms. The fraction of sp³-hybridized carbons (Fsp3) is 0.200. The van der Waals surface area contributed by atoms with Gasteiger partial charge in [-0.2, -0.15) is 5.10 Å². The van der Waals surface area contributed by atoms with Gasteiger partial charge in [0.2, 0.25) is 0 Å². The normalized spacial score (nSPS) is 9.70. The number of carbonyl (C=O) groups excluding carboxylic acids is 1. The zero-order valence-corrected chi connectivity index (χ0v) is 11.1. The van der Waals surface area contributed by atoms with Crippen LogP contribution in [0, 0.1) is 11.8 Å². The predicted molar refractivity (Wildman–Crippen MR) is 74.8 cm³/mol. The van der Waals surface area contributed by atoms with E-state index in [0.29, 0.717) is 17.7 Å². The minimum Gasteiger partial charge on any atom is -0.384 e. The van der Waals surface area contributed by atoms with Gasteiger partial charge in [0.15, 0.2) is 0 Å². The molecule has 102 valence electrons. The van der Waals surface area contributed by atoms with Gasteiger partial charge >= 0.3 is 0 Å². The number of hydrogen-bond acceptors (Lipinski definition) is 3. The van der Waals surface area contributed by atoms with Gasteiger partial charge in [-0.15, -0.1) is 0 Å². The summed E-state index contributed by atoms with van der Waals surface area (Å²) in [5.74, 6) is 5.12. The fourth-order valence-electron chi connectivity index (χ4n) is 1.77. The molecule has 5 heteroatoms. The maximum atomic E-state index is 12.1. The molecule has 2 N–H and O–H groups in total. The molecule has 2 rings (SSSR count). The van der Waals surface area contributed by atoms with E-state index in [4.69, 9.17) is 5.11 Å². The number of aromatic nitrogens is 2. The van der Waals surface area contributed by atoms with Crippen LogP contribution in [0.5, 0.6) is 0 Å². The number of aryl methyl sites for hydroxylation is 1. The van der Waals surface area contributed by atoms with Crippen molar-refractivity contribution < 1.29 is 9.90 Å². The largest absolute Gasteiger partial charge is 0.384 e. The molecule has 1 heterocycles. The van der Waals surface area contributed by atoms with Crippen molar-refractivity contribution in [2.45, 2.75) is 6.54 Å². The standard InChI is InChI=1S/C15H15N3O2/c1-18-11-12(10-17-18)9-16-15(20)14-7-3-2-5-13(14)6-4-8-19/h2-3,5,7,10-11,19H,8-9H2,1H3,(H,16,20). The highest BCUT2D eigenvalue weighted by molar-refractivity contribution is 5.96. The van der Waals surface area contributed by atoms with Crippen molar-refractivity contribution >= 4 is 5.91 Å². The second-order valence-electron chi connectivity index (χ2n) is 4.21. The Morgan fingerprint density at radius 2 is 2.25 bits per heavy atom. The summed E-state index contributed by atoms with van der Waals surface area (Å²) in [4.78, 5) is 12.1. The molecule has 0 saturated heterocycles. The van der Waals surface area contributed by atoms with Gasteiger partial charge in [-0.05, 0) is 12.1 Å². The van der Waals surface area contributed by atoms with Gasteiger partial charge in [0, 0.05) is 30.9 Å². The van der Waals surface area contributed by atoms with Crippen LogP contribution in [0.3, 0.4) is 0 Å². The molecule has 1 aromatic carbocycles. The Hall–Kier alpha value is -2.58. The van der Waals surface area contributed by atoms with Crippen LogP contribution in [-0.4, -0.2) is 27.4 Å². The summed E-state index contributed by atoms with van der Waals surface area (Å²) in [6, 6.07) is 7.05. The van der Waals surface area contributed by atoms with E-state index in [1.165, 1.54) is 0 Å². The molecule has 1 amide bonds. The van der Waals surface area contributed by atoms with Crippen molar-refractivity contribution in [1.82, 2.24) is 15.1 Å². The van der Waals surface area contributed by atoms with Gasteiger partial charge in [0.1, 0.15) is 6.61 Å². The molecule has 5 nitrogen and oxygen atoms in total. The SMILES string of the molecule is Cn1cc(CNC(=O)c2ccccc2C#CCO)cn1. The molecule has 20 heavy (non-hydrogen) atoms. The summed E-state index contributed by atoms with van der Waals surface area (Å²) < 4.78 is 1.68. The molecule has 0 radical (unpaired) electrons. The lowest BCUT2D eigenvalue weighted by Gasteiger charge is -2.05. The van der Waals surface area contributed by atoms with E-state index in [0.717, 1.165) is 5.56 Å². The van der Waals surface area contributed by atoms with Crippen LogP contribution in [-0.2, 0) is 13.6 Å². The van der Waals surface area contributed by atoms with E-state index in [-0.39, 0.29) is 12.5 Å². The van der Waals surface area contributed by atoms with Crippen molar-refractivity contribution in [1.29, 1.82) is 0 Å². The molecular formula is C15H15N3O2. The Balaban J connectivity index is 2.09. The van der Waals surface area contributed by atoms with E-state index >= 15 is 0 Å². The van der Waals surface area contributed by atoms with E-state index < -0.39 is 0 Å². The number of nitrogens with one attached hydrogen (secondary N) is 1. The topological polar surface area (TPSA) is 67.2 Å². The minimum atomic E-state index is -0.231. The molecule has 0 aliphatic carbocycles. The van der Waals surface area contributed by atoms with Crippen molar-refractivity contribution in [3.63, 3.8) is 0 Å². The van der Waals surface area contributed by atoms with Gasteiger partial charge in [0.05, 0.1) is 11.8 Å². The molecule has 0 bridgehead atoms. The van der Waals surface area contributed by atoms with Gasteiger partial charge in [-0.25, -0.2) is 0 Å². The van der Waals surface area contributed by atoms with Gasteiger partial charge < -0.3 is 10.4 Å². The van der Waals surface area contributed by atoms with Crippen LogP contribution in [0.15, 0.2) is 36.7 Å². The molecule has 0 aliphatic heterocycles. The van der Waals surface area contributed by atoms with Crippen LogP contribution in [0.1, 0.15) is 21.5 Å². The highest BCUT2D eigenvalue weighted by Crippen LogP contribution is 2.07. The Kier molecular flexibility index (Phi) is 4.53. The molecule has 0 fully saturated rings. The first-order valence-electron chi connectivity index (χ1n) is 6.15. The van der Waals surface area contributed by atoms with Gasteiger partial charge in [-0.3, -0.25) is 9.48 Å². The third-order valence-corrected chi connectivity index (χ3v) is 2.69. The molecule has 0 unspecified atom stereocenters. The zero-order valence-electron chi connectivity index (χ0n) is 11.1. The quantitative estimate of drug-likeness (QED) is 0.806. The maximum Gasteiger partial charge on any atom is 0.252 e. The molecule has 0 aliphatic rings. The first kappa shape index (κ1) is 13.8. The number of amides is 1. The maximum absolute atomic E-state index is 12.1. The summed E-state index contributed by atoms with van der Waals surface area (Å²) >= 11 is 0. The van der Waals surface area contributed by atoms with Crippen molar-refractivity contribution in [2.24, 2.45) is 7.05 Å². The Bertz CT molecular complexity index is 665. The van der Waals surface area contributed by atoms with Gasteiger partial charge in [0.25, 0.3) is 5.91 Å². The van der Waals surface area contributed by atoms with Crippen LogP contribution in [0.2, 0.25) is 0 Å². The number of aliphatic hydroxyl groups is 1. The summed E-state index contributed by atoms with van der Waals surface area (Å²) in [5, 5.41) is 15.6. The molecule has 2 aromatic rings. The number of benzene rings is 1. The number of nitrogens with zero attached hydrogens (tertiary/aromatic N) is 2. The van der Waals surface area contributed by atoms with Crippen LogP contribution >= 0.6 is 0 Å². The predicted octanol–water partition coefficient (Wildman–Crippen LogP) is 0.694. The highest BCUT2D eigenvalue weighted by atomic mass is 16.2. The molecule has 0 saturated carbocycles. The minimum absolute atomic E-state index is 0.198. The van der Waals surface area contributed by atoms with Crippen molar-refractivity contribution in [3.05, 3.63) is 53.3 Å². The molecule has 1 aromatic heterocycles. The van der Waals surface area contributed by atoms with Crippen LogP contribution in [0.25, 0.3) is 0 Å². The smallest absolute Gasteiger partial charge is 0.252 e. The number of hydrogen-bond donors (Lipinski definition) is 2. The molecule has 0 atom stereocenters. The van der Waals surface area contributed by atoms with Crippen molar-refractivity contribution in [3.8, 4) is 11.8 Å². The second-order valence-corrected chi connectivity index (χ2v) is 4.21. The first-order chi connectivity index (χ1) is 9.70. The average molecular weight is 269 g/mol. The lowest BCUT2D eigenvalue weighted by atomic mass is 10.1. The van der Waals surface area contributed by atoms with Crippen LogP contribution in [0.4, 0.5) is 0 Å². The van der Waals surface area contributed by atoms with E-state index in [1.807, 2.05) is 13.2 Å². The second kappa shape index (κ2) is 6.55. The van der Waals surface area contributed by atoms with E-state index in [9.17, 15) is 4.79 Å². The summed E-state index contributed by atoms with van der Waals surface area (Å²) in [7, 11) is 1.82. The van der Waals surface area contributed by atoms with Crippen LogP contribution < -0.4 is 5.32 Å². The number of rotatable bonds is 3. The number of aliphatic hydroxyl groups excluding tert-OH is 1. The van der Waals surface area contributed by atoms with Crippen molar-refractivity contribution in [2.75, 3.05) is 6.61 Å². The Morgan fingerprint density at radius 1 is 1.45 bits per heavy atom. The fourth-order valence-corrected chi connectivity index (χ4v) is 1.77. The lowest BCUT2D eigenvalue weighted by Crippen LogP contribution is -2.23. The lowest BCUT2D eigenvalue weighted by molar-refractivity contribution is 0.0950. The third kappa shape index (κ3) is 3.46. The Labute approximate surface area is 117 Å². The molecular weight excluding hydrogens is 254 g/mol. The van der Waals surface area contributed by atoms with E-state index in [2.05, 4.69) is 22.3 Å². The first-order valence-corrected chi connectivity index (χ1v) is 6.15.